The van der Waals surface area contributed by atoms with E-state index >= 15 is 0 Å². The number of ether oxygens (including phenoxy) is 1. The van der Waals surface area contributed by atoms with Crippen LogP contribution in [0, 0.1) is 5.82 Å². The molecular formula is C13H20FNO. The third-order valence-corrected chi connectivity index (χ3v) is 2.54. The molecule has 90 valence electrons. The predicted molar refractivity (Wildman–Crippen MR) is 64.6 cm³/mol. The van der Waals surface area contributed by atoms with E-state index in [2.05, 4.69) is 6.92 Å². The molecule has 16 heavy (non-hydrogen) atoms. The summed E-state index contributed by atoms with van der Waals surface area (Å²) in [6.07, 6.45) is 4.64. The minimum absolute atomic E-state index is 0.268. The van der Waals surface area contributed by atoms with E-state index in [1.165, 1.54) is 25.3 Å². The van der Waals surface area contributed by atoms with Crippen LogP contribution < -0.4 is 5.73 Å². The van der Waals surface area contributed by atoms with Crippen molar-refractivity contribution in [1.82, 2.24) is 0 Å². The molecule has 0 saturated carbocycles. The van der Waals surface area contributed by atoms with E-state index in [4.69, 9.17) is 10.5 Å². The molecule has 0 heterocycles. The lowest BCUT2D eigenvalue weighted by molar-refractivity contribution is 0.115. The quantitative estimate of drug-likeness (QED) is 0.569. The zero-order valence-corrected chi connectivity index (χ0v) is 9.84. The molecule has 0 radical (unpaired) electrons. The second-order valence-electron chi connectivity index (χ2n) is 3.92. The maximum Gasteiger partial charge on any atom is 0.130 e. The van der Waals surface area contributed by atoms with E-state index in [1.54, 1.807) is 12.1 Å². The van der Waals surface area contributed by atoms with Gasteiger partial charge in [-0.1, -0.05) is 32.3 Å². The number of benzene rings is 1. The molecule has 0 unspecified atom stereocenters. The Labute approximate surface area is 96.6 Å². The second kappa shape index (κ2) is 7.23. The molecule has 1 aromatic carbocycles. The van der Waals surface area contributed by atoms with E-state index in [1.807, 2.05) is 0 Å². The molecule has 0 spiro atoms. The van der Waals surface area contributed by atoms with Crippen molar-refractivity contribution in [2.45, 2.75) is 39.2 Å². The van der Waals surface area contributed by atoms with Gasteiger partial charge in [0.25, 0.3) is 0 Å². The van der Waals surface area contributed by atoms with Gasteiger partial charge in [-0.05, 0) is 18.6 Å². The molecule has 0 fully saturated rings. The predicted octanol–water partition coefficient (Wildman–Crippen LogP) is 3.50. The summed E-state index contributed by atoms with van der Waals surface area (Å²) in [7, 11) is 0. The Bertz CT molecular complexity index is 295. The van der Waals surface area contributed by atoms with Gasteiger partial charge in [0.2, 0.25) is 0 Å². The lowest BCUT2D eigenvalue weighted by atomic mass is 10.2. The van der Waals surface area contributed by atoms with E-state index in [-0.39, 0.29) is 12.4 Å². The average Bonchev–Trinajstić information content (AvgIpc) is 2.26. The number of unbranched alkanes of at least 4 members (excludes halogenated alkanes) is 3. The van der Waals surface area contributed by atoms with Crippen molar-refractivity contribution >= 4 is 5.69 Å². The van der Waals surface area contributed by atoms with Gasteiger partial charge < -0.3 is 10.5 Å². The highest BCUT2D eigenvalue weighted by Gasteiger charge is 2.05. The highest BCUT2D eigenvalue weighted by atomic mass is 19.1. The summed E-state index contributed by atoms with van der Waals surface area (Å²) in [5, 5.41) is 0. The van der Waals surface area contributed by atoms with Gasteiger partial charge in [0, 0.05) is 17.9 Å². The zero-order chi connectivity index (χ0) is 11.8. The van der Waals surface area contributed by atoms with Gasteiger partial charge in [0.05, 0.1) is 6.61 Å². The molecule has 3 heteroatoms. The SMILES string of the molecule is CCCCCCOCc1c(N)cccc1F. The van der Waals surface area contributed by atoms with Crippen LogP contribution in [0.25, 0.3) is 0 Å². The average molecular weight is 225 g/mol. The molecule has 0 amide bonds. The molecule has 0 atom stereocenters. The molecule has 0 aliphatic heterocycles. The van der Waals surface area contributed by atoms with Crippen molar-refractivity contribution in [2.75, 3.05) is 12.3 Å². The van der Waals surface area contributed by atoms with Crippen LogP contribution >= 0.6 is 0 Å². The Morgan fingerprint density at radius 2 is 2.06 bits per heavy atom. The fourth-order valence-electron chi connectivity index (χ4n) is 1.53. The normalized spacial score (nSPS) is 10.6. The number of nitrogens with two attached hydrogens (primary N) is 1. The van der Waals surface area contributed by atoms with E-state index in [9.17, 15) is 4.39 Å². The van der Waals surface area contributed by atoms with Crippen LogP contribution in [-0.2, 0) is 11.3 Å². The van der Waals surface area contributed by atoms with Crippen molar-refractivity contribution in [3.63, 3.8) is 0 Å². The second-order valence-corrected chi connectivity index (χ2v) is 3.92. The number of hydrogen-bond acceptors (Lipinski definition) is 2. The molecule has 2 nitrogen and oxygen atoms in total. The third kappa shape index (κ3) is 4.19. The van der Waals surface area contributed by atoms with Gasteiger partial charge in [-0.3, -0.25) is 0 Å². The smallest absolute Gasteiger partial charge is 0.130 e. The summed E-state index contributed by atoms with van der Waals surface area (Å²) in [5.74, 6) is -0.284. The van der Waals surface area contributed by atoms with E-state index in [0.717, 1.165) is 6.42 Å². The Morgan fingerprint density at radius 3 is 2.75 bits per heavy atom. The van der Waals surface area contributed by atoms with Gasteiger partial charge in [0.1, 0.15) is 5.82 Å². The number of halogens is 1. The minimum Gasteiger partial charge on any atom is -0.398 e. The molecule has 1 aromatic rings. The molecule has 0 aliphatic rings. The van der Waals surface area contributed by atoms with Crippen LogP contribution in [0.15, 0.2) is 18.2 Å². The van der Waals surface area contributed by atoms with Crippen LogP contribution in [0.4, 0.5) is 10.1 Å². The van der Waals surface area contributed by atoms with Crippen molar-refractivity contribution in [3.8, 4) is 0 Å². The lowest BCUT2D eigenvalue weighted by Gasteiger charge is -2.07. The first-order valence-electron chi connectivity index (χ1n) is 5.86. The van der Waals surface area contributed by atoms with Crippen molar-refractivity contribution in [3.05, 3.63) is 29.6 Å². The Kier molecular flexibility index (Phi) is 5.86. The van der Waals surface area contributed by atoms with Crippen LogP contribution in [0.2, 0.25) is 0 Å². The van der Waals surface area contributed by atoms with Crippen LogP contribution in [-0.4, -0.2) is 6.61 Å². The van der Waals surface area contributed by atoms with Gasteiger partial charge in [0.15, 0.2) is 0 Å². The van der Waals surface area contributed by atoms with Crippen LogP contribution in [0.1, 0.15) is 38.2 Å². The highest BCUT2D eigenvalue weighted by molar-refractivity contribution is 5.46. The Hall–Kier alpha value is -1.09. The first kappa shape index (κ1) is 13.0. The summed E-state index contributed by atoms with van der Waals surface area (Å²) in [5.41, 5.74) is 6.60. The Morgan fingerprint density at radius 1 is 1.25 bits per heavy atom. The number of anilines is 1. The van der Waals surface area contributed by atoms with Crippen molar-refractivity contribution in [1.29, 1.82) is 0 Å². The first-order valence-corrected chi connectivity index (χ1v) is 5.86. The standard InChI is InChI=1S/C13H20FNO/c1-2-3-4-5-9-16-10-11-12(14)7-6-8-13(11)15/h6-8H,2-5,9-10,15H2,1H3. The van der Waals surface area contributed by atoms with Gasteiger partial charge >= 0.3 is 0 Å². The van der Waals surface area contributed by atoms with Crippen molar-refractivity contribution < 1.29 is 9.13 Å². The summed E-state index contributed by atoms with van der Waals surface area (Å²) in [4.78, 5) is 0. The number of rotatable bonds is 7. The monoisotopic (exact) mass is 225 g/mol. The fraction of sp³-hybridized carbons (Fsp3) is 0.538. The molecule has 2 N–H and O–H groups in total. The van der Waals surface area contributed by atoms with E-state index in [0.29, 0.717) is 17.9 Å². The fourth-order valence-corrected chi connectivity index (χ4v) is 1.53. The third-order valence-electron chi connectivity index (χ3n) is 2.54. The lowest BCUT2D eigenvalue weighted by Crippen LogP contribution is -2.02. The van der Waals surface area contributed by atoms with Crippen molar-refractivity contribution in [2.24, 2.45) is 0 Å². The Balaban J connectivity index is 2.26. The maximum atomic E-state index is 13.3. The zero-order valence-electron chi connectivity index (χ0n) is 9.84. The van der Waals surface area contributed by atoms with Crippen LogP contribution in [0.3, 0.4) is 0 Å². The van der Waals surface area contributed by atoms with Gasteiger partial charge in [-0.15, -0.1) is 0 Å². The molecule has 0 bridgehead atoms. The molecule has 0 saturated heterocycles. The highest BCUT2D eigenvalue weighted by Crippen LogP contribution is 2.16. The topological polar surface area (TPSA) is 35.2 Å². The van der Waals surface area contributed by atoms with Crippen LogP contribution in [0.5, 0.6) is 0 Å². The summed E-state index contributed by atoms with van der Waals surface area (Å²) in [6.45, 7) is 3.11. The largest absolute Gasteiger partial charge is 0.398 e. The number of nitrogen functional groups attached to an aromatic ring is 1. The van der Waals surface area contributed by atoms with Gasteiger partial charge in [-0.25, -0.2) is 4.39 Å². The summed E-state index contributed by atoms with van der Waals surface area (Å²) < 4.78 is 18.7. The maximum absolute atomic E-state index is 13.3. The summed E-state index contributed by atoms with van der Waals surface area (Å²) >= 11 is 0. The molecule has 0 aromatic heterocycles. The minimum atomic E-state index is -0.284. The first-order chi connectivity index (χ1) is 7.75. The van der Waals surface area contributed by atoms with E-state index < -0.39 is 0 Å². The molecule has 1 rings (SSSR count). The molecular weight excluding hydrogens is 205 g/mol. The van der Waals surface area contributed by atoms with Gasteiger partial charge in [-0.2, -0.15) is 0 Å². The molecule has 0 aliphatic carbocycles. The summed E-state index contributed by atoms with van der Waals surface area (Å²) in [6, 6.07) is 4.71. The number of hydrogen-bond donors (Lipinski definition) is 1.